The van der Waals surface area contributed by atoms with E-state index in [1.54, 1.807) is 18.5 Å². The molecular formula is C22H38N2O3. The lowest BCUT2D eigenvalue weighted by Gasteiger charge is -2.16. The smallest absolute Gasteiger partial charge is 0.224 e. The first-order valence-corrected chi connectivity index (χ1v) is 10.1. The van der Waals surface area contributed by atoms with Crippen molar-refractivity contribution in [2.24, 2.45) is 4.99 Å². The molecule has 0 aromatic rings. The molecule has 0 fully saturated rings. The van der Waals surface area contributed by atoms with Gasteiger partial charge in [-0.05, 0) is 64.4 Å². The van der Waals surface area contributed by atoms with Crippen molar-refractivity contribution in [3.8, 4) is 0 Å². The molecule has 27 heavy (non-hydrogen) atoms. The van der Waals surface area contributed by atoms with Gasteiger partial charge in [-0.1, -0.05) is 37.6 Å². The number of nitrogens with one attached hydrogen (secondary N) is 1. The van der Waals surface area contributed by atoms with Crippen LogP contribution in [-0.4, -0.2) is 34.7 Å². The molecule has 0 aliphatic rings. The number of aliphatic imine (C=N–C) groups is 1. The minimum absolute atomic E-state index is 0.00106. The second-order valence-corrected chi connectivity index (χ2v) is 6.83. The van der Waals surface area contributed by atoms with Gasteiger partial charge >= 0.3 is 0 Å². The van der Waals surface area contributed by atoms with Crippen LogP contribution in [0, 0.1) is 0 Å². The Balaban J connectivity index is 4.17. The minimum Gasteiger partial charge on any atom is -0.368 e. The Morgan fingerprint density at radius 1 is 1.19 bits per heavy atom. The van der Waals surface area contributed by atoms with Gasteiger partial charge in [0.15, 0.2) is 6.29 Å². The second kappa shape index (κ2) is 16.5. The number of carbonyl (C=O) groups is 1. The largest absolute Gasteiger partial charge is 0.368 e. The highest BCUT2D eigenvalue weighted by Gasteiger charge is 2.09. The van der Waals surface area contributed by atoms with Gasteiger partial charge < -0.3 is 15.5 Å². The summed E-state index contributed by atoms with van der Waals surface area (Å²) in [6.45, 7) is 8.46. The summed E-state index contributed by atoms with van der Waals surface area (Å²) in [5, 5.41) is 20.5. The van der Waals surface area contributed by atoms with Crippen LogP contribution in [0.5, 0.6) is 0 Å². The van der Waals surface area contributed by atoms with Crippen LogP contribution >= 0.6 is 0 Å². The molecule has 0 spiro atoms. The SMILES string of the molecule is CC/C=C\C(CC(C)NC(=O)C/C=C/N=CCCCCC(O)O)=C(\C)CC. The molecule has 0 saturated heterocycles. The zero-order chi connectivity index (χ0) is 20.5. The molecule has 154 valence electrons. The number of hydrogen-bond donors (Lipinski definition) is 3. The molecule has 0 aromatic heterocycles. The second-order valence-electron chi connectivity index (χ2n) is 6.83. The van der Waals surface area contributed by atoms with Gasteiger partial charge in [-0.2, -0.15) is 0 Å². The van der Waals surface area contributed by atoms with E-state index in [9.17, 15) is 4.79 Å². The van der Waals surface area contributed by atoms with Crippen molar-refractivity contribution in [2.45, 2.75) is 91.4 Å². The summed E-state index contributed by atoms with van der Waals surface area (Å²) in [5.74, 6) is -0.00106. The normalized spacial score (nSPS) is 14.5. The number of hydrogen-bond acceptors (Lipinski definition) is 4. The van der Waals surface area contributed by atoms with Gasteiger partial charge in [0.1, 0.15) is 0 Å². The van der Waals surface area contributed by atoms with Crippen molar-refractivity contribution < 1.29 is 15.0 Å². The Morgan fingerprint density at radius 2 is 1.93 bits per heavy atom. The maximum absolute atomic E-state index is 12.0. The van der Waals surface area contributed by atoms with Crippen molar-refractivity contribution >= 4 is 12.1 Å². The van der Waals surface area contributed by atoms with E-state index in [0.717, 1.165) is 38.5 Å². The van der Waals surface area contributed by atoms with Gasteiger partial charge in [-0.15, -0.1) is 0 Å². The van der Waals surface area contributed by atoms with Crippen LogP contribution < -0.4 is 5.32 Å². The van der Waals surface area contributed by atoms with Crippen molar-refractivity contribution in [1.82, 2.24) is 5.32 Å². The summed E-state index contributed by atoms with van der Waals surface area (Å²) < 4.78 is 0. The average molecular weight is 379 g/mol. The predicted molar refractivity (Wildman–Crippen MR) is 114 cm³/mol. The Morgan fingerprint density at radius 3 is 2.56 bits per heavy atom. The lowest BCUT2D eigenvalue weighted by atomic mass is 9.99. The average Bonchev–Trinajstić information content (AvgIpc) is 2.62. The molecule has 1 unspecified atom stereocenters. The first-order chi connectivity index (χ1) is 12.9. The maximum Gasteiger partial charge on any atom is 0.224 e. The highest BCUT2D eigenvalue weighted by molar-refractivity contribution is 5.77. The predicted octanol–water partition coefficient (Wildman–Crippen LogP) is 4.42. The number of carbonyl (C=O) groups excluding carboxylic acids is 1. The third-order valence-corrected chi connectivity index (χ3v) is 4.21. The number of nitrogens with zero attached hydrogens (tertiary/aromatic N) is 1. The van der Waals surface area contributed by atoms with E-state index >= 15 is 0 Å². The fourth-order valence-corrected chi connectivity index (χ4v) is 2.50. The van der Waals surface area contributed by atoms with Gasteiger partial charge in [-0.3, -0.25) is 9.79 Å². The summed E-state index contributed by atoms with van der Waals surface area (Å²) in [4.78, 5) is 16.2. The quantitative estimate of drug-likeness (QED) is 0.181. The van der Waals surface area contributed by atoms with Crippen LogP contribution in [0.15, 0.2) is 40.6 Å². The van der Waals surface area contributed by atoms with E-state index < -0.39 is 6.29 Å². The van der Waals surface area contributed by atoms with Gasteiger partial charge in [0.05, 0.1) is 0 Å². The molecule has 3 N–H and O–H groups in total. The molecule has 0 aliphatic carbocycles. The molecule has 0 radical (unpaired) electrons. The third-order valence-electron chi connectivity index (χ3n) is 4.21. The zero-order valence-electron chi connectivity index (χ0n) is 17.4. The van der Waals surface area contributed by atoms with Crippen LogP contribution in [0.3, 0.4) is 0 Å². The summed E-state index contributed by atoms with van der Waals surface area (Å²) in [6, 6.07) is 0.0919. The first kappa shape index (κ1) is 25.3. The van der Waals surface area contributed by atoms with Crippen molar-refractivity contribution in [1.29, 1.82) is 0 Å². The van der Waals surface area contributed by atoms with Gasteiger partial charge in [0, 0.05) is 24.9 Å². The van der Waals surface area contributed by atoms with E-state index in [2.05, 4.69) is 43.2 Å². The molecule has 5 heteroatoms. The summed E-state index contributed by atoms with van der Waals surface area (Å²) in [6.07, 6.45) is 14.3. The number of aliphatic hydroxyl groups is 2. The van der Waals surface area contributed by atoms with E-state index in [1.165, 1.54) is 11.1 Å². The fraction of sp³-hybridized carbons (Fsp3) is 0.636. The number of rotatable bonds is 14. The van der Waals surface area contributed by atoms with E-state index in [1.807, 2.05) is 6.92 Å². The van der Waals surface area contributed by atoms with Gasteiger partial charge in [-0.25, -0.2) is 0 Å². The number of amides is 1. The fourth-order valence-electron chi connectivity index (χ4n) is 2.50. The highest BCUT2D eigenvalue weighted by atomic mass is 16.5. The number of aliphatic hydroxyl groups excluding tert-OH is 1. The lowest BCUT2D eigenvalue weighted by Crippen LogP contribution is -2.32. The standard InChI is InChI=1S/C22H38N2O3/c1-5-7-12-20(18(3)6-2)17-19(4)24-21(25)13-11-16-23-15-10-8-9-14-22(26)27/h7,11-12,15-16,19,22,26-27H,5-6,8-10,13-14,17H2,1-4H3,(H,24,25)/b12-7-,16-11+,20-18+,23-15?. The Kier molecular flexibility index (Phi) is 15.4. The van der Waals surface area contributed by atoms with Crippen LogP contribution in [0.1, 0.15) is 79.1 Å². The molecule has 0 saturated carbocycles. The topological polar surface area (TPSA) is 81.9 Å². The highest BCUT2D eigenvalue weighted by Crippen LogP contribution is 2.16. The van der Waals surface area contributed by atoms with E-state index in [4.69, 9.17) is 10.2 Å². The molecule has 5 nitrogen and oxygen atoms in total. The molecule has 1 amide bonds. The molecule has 0 aliphatic heterocycles. The van der Waals surface area contributed by atoms with Crippen molar-refractivity contribution in [3.05, 3.63) is 35.6 Å². The summed E-state index contributed by atoms with van der Waals surface area (Å²) in [7, 11) is 0. The minimum atomic E-state index is -1.22. The molecular weight excluding hydrogens is 340 g/mol. The van der Waals surface area contributed by atoms with Crippen LogP contribution in [0.4, 0.5) is 0 Å². The molecule has 0 bridgehead atoms. The van der Waals surface area contributed by atoms with Gasteiger partial charge in [0.2, 0.25) is 5.91 Å². The number of unbranched alkanes of at least 4 members (excludes halogenated alkanes) is 2. The first-order valence-electron chi connectivity index (χ1n) is 10.1. The lowest BCUT2D eigenvalue weighted by molar-refractivity contribution is -0.120. The molecule has 0 rings (SSSR count). The van der Waals surface area contributed by atoms with E-state index in [-0.39, 0.29) is 11.9 Å². The molecule has 1 atom stereocenters. The molecule has 0 heterocycles. The third kappa shape index (κ3) is 15.1. The van der Waals surface area contributed by atoms with E-state index in [0.29, 0.717) is 12.8 Å². The summed E-state index contributed by atoms with van der Waals surface area (Å²) in [5.41, 5.74) is 2.67. The van der Waals surface area contributed by atoms with Crippen LogP contribution in [-0.2, 0) is 4.79 Å². The Labute approximate surface area is 165 Å². The Bertz CT molecular complexity index is 520. The summed E-state index contributed by atoms with van der Waals surface area (Å²) >= 11 is 0. The van der Waals surface area contributed by atoms with Crippen molar-refractivity contribution in [2.75, 3.05) is 0 Å². The zero-order valence-corrected chi connectivity index (χ0v) is 17.4. The van der Waals surface area contributed by atoms with Crippen LogP contribution in [0.25, 0.3) is 0 Å². The monoisotopic (exact) mass is 378 g/mol. The Hall–Kier alpha value is -1.72. The number of allylic oxidation sites excluding steroid dienone is 3. The molecule has 0 aromatic carbocycles. The van der Waals surface area contributed by atoms with Crippen LogP contribution in [0.2, 0.25) is 0 Å². The maximum atomic E-state index is 12.0. The van der Waals surface area contributed by atoms with Gasteiger partial charge in [0.25, 0.3) is 0 Å². The van der Waals surface area contributed by atoms with Crippen molar-refractivity contribution in [3.63, 3.8) is 0 Å².